The van der Waals surface area contributed by atoms with Gasteiger partial charge in [-0.2, -0.15) is 10.1 Å². The third-order valence-corrected chi connectivity index (χ3v) is 3.97. The van der Waals surface area contributed by atoms with Gasteiger partial charge in [0.05, 0.1) is 6.20 Å². The summed E-state index contributed by atoms with van der Waals surface area (Å²) >= 11 is 0. The lowest BCUT2D eigenvalue weighted by Crippen LogP contribution is -2.46. The van der Waals surface area contributed by atoms with Gasteiger partial charge >= 0.3 is 0 Å². The number of anilines is 3. The van der Waals surface area contributed by atoms with Crippen molar-refractivity contribution in [3.05, 3.63) is 35.5 Å². The van der Waals surface area contributed by atoms with Crippen LogP contribution in [0.4, 0.5) is 17.5 Å². The number of piperazine rings is 1. The lowest BCUT2D eigenvalue weighted by Gasteiger charge is -2.33. The van der Waals surface area contributed by atoms with Crippen molar-refractivity contribution >= 4 is 23.9 Å². The number of aromatic nitrogens is 3. The summed E-state index contributed by atoms with van der Waals surface area (Å²) in [7, 11) is 0. The standard InChI is InChI=1S/C16H20N6O/c1-12-3-4-13(2)14(9-12)18-16-19-15(10-17-20-16)22-7-5-21(11-23)6-8-22/h3-4,9-11H,5-8H2,1-2H3,(H,18,19,20). The minimum absolute atomic E-state index is 0.481. The Morgan fingerprint density at radius 2 is 1.96 bits per heavy atom. The van der Waals surface area contributed by atoms with Crippen LogP contribution in [0.25, 0.3) is 0 Å². The molecule has 0 bridgehead atoms. The highest BCUT2D eigenvalue weighted by Crippen LogP contribution is 2.21. The van der Waals surface area contributed by atoms with Gasteiger partial charge in [-0.25, -0.2) is 0 Å². The second-order valence-electron chi connectivity index (χ2n) is 5.71. The zero-order valence-corrected chi connectivity index (χ0v) is 13.4. The van der Waals surface area contributed by atoms with Gasteiger partial charge in [0.1, 0.15) is 0 Å². The van der Waals surface area contributed by atoms with E-state index in [1.807, 2.05) is 13.8 Å². The molecule has 7 heteroatoms. The van der Waals surface area contributed by atoms with Crippen molar-refractivity contribution in [2.45, 2.75) is 13.8 Å². The number of rotatable bonds is 4. The lowest BCUT2D eigenvalue weighted by molar-refractivity contribution is -0.118. The number of carbonyl (C=O) groups is 1. The van der Waals surface area contributed by atoms with E-state index >= 15 is 0 Å². The van der Waals surface area contributed by atoms with Crippen molar-refractivity contribution in [3.63, 3.8) is 0 Å². The molecule has 0 atom stereocenters. The van der Waals surface area contributed by atoms with Crippen LogP contribution in [0.15, 0.2) is 24.4 Å². The van der Waals surface area contributed by atoms with Gasteiger partial charge < -0.3 is 15.1 Å². The number of hydrogen-bond acceptors (Lipinski definition) is 6. The second kappa shape index (κ2) is 6.60. The smallest absolute Gasteiger partial charge is 0.249 e. The molecular formula is C16H20N6O. The molecule has 1 N–H and O–H groups in total. The van der Waals surface area contributed by atoms with Crippen LogP contribution in [0.3, 0.4) is 0 Å². The van der Waals surface area contributed by atoms with E-state index in [1.165, 1.54) is 5.56 Å². The fourth-order valence-electron chi connectivity index (χ4n) is 2.55. The third-order valence-electron chi connectivity index (χ3n) is 3.97. The third kappa shape index (κ3) is 3.56. The predicted octanol–water partition coefficient (Wildman–Crippen LogP) is 1.51. The first kappa shape index (κ1) is 15.2. The first-order valence-corrected chi connectivity index (χ1v) is 7.64. The minimum atomic E-state index is 0.481. The highest BCUT2D eigenvalue weighted by atomic mass is 16.1. The van der Waals surface area contributed by atoms with Gasteiger partial charge in [0, 0.05) is 31.9 Å². The van der Waals surface area contributed by atoms with Crippen molar-refractivity contribution < 1.29 is 4.79 Å². The summed E-state index contributed by atoms with van der Waals surface area (Å²) in [4.78, 5) is 19.2. The Bertz CT molecular complexity index is 697. The quantitative estimate of drug-likeness (QED) is 0.863. The Morgan fingerprint density at radius 3 is 2.70 bits per heavy atom. The lowest BCUT2D eigenvalue weighted by atomic mass is 10.1. The fourth-order valence-corrected chi connectivity index (χ4v) is 2.55. The van der Waals surface area contributed by atoms with E-state index in [1.54, 1.807) is 11.1 Å². The van der Waals surface area contributed by atoms with Crippen molar-refractivity contribution in [2.75, 3.05) is 36.4 Å². The molecule has 3 rings (SSSR count). The maximum absolute atomic E-state index is 10.8. The number of amides is 1. The van der Waals surface area contributed by atoms with Gasteiger partial charge in [0.25, 0.3) is 0 Å². The van der Waals surface area contributed by atoms with E-state index in [0.717, 1.165) is 36.6 Å². The molecule has 1 aromatic carbocycles. The summed E-state index contributed by atoms with van der Waals surface area (Å²) in [6, 6.07) is 6.20. The second-order valence-corrected chi connectivity index (χ2v) is 5.71. The average molecular weight is 312 g/mol. The van der Waals surface area contributed by atoms with E-state index in [4.69, 9.17) is 0 Å². The van der Waals surface area contributed by atoms with Crippen molar-refractivity contribution in [3.8, 4) is 0 Å². The first-order chi connectivity index (χ1) is 11.2. The molecule has 0 saturated carbocycles. The van der Waals surface area contributed by atoms with Crippen LogP contribution in [0.2, 0.25) is 0 Å². The van der Waals surface area contributed by atoms with Gasteiger partial charge in [-0.15, -0.1) is 5.10 Å². The fraction of sp³-hybridized carbons (Fsp3) is 0.375. The molecule has 1 aliphatic rings. The topological polar surface area (TPSA) is 74.2 Å². The highest BCUT2D eigenvalue weighted by Gasteiger charge is 2.17. The van der Waals surface area contributed by atoms with E-state index in [0.29, 0.717) is 19.0 Å². The monoisotopic (exact) mass is 312 g/mol. The zero-order valence-electron chi connectivity index (χ0n) is 13.4. The first-order valence-electron chi connectivity index (χ1n) is 7.64. The number of nitrogens with one attached hydrogen (secondary N) is 1. The number of aryl methyl sites for hydroxylation is 2. The molecule has 120 valence electrons. The molecule has 1 amide bonds. The van der Waals surface area contributed by atoms with Crippen LogP contribution in [0.1, 0.15) is 11.1 Å². The average Bonchev–Trinajstić information content (AvgIpc) is 2.58. The Labute approximate surface area is 135 Å². The zero-order chi connectivity index (χ0) is 16.2. The van der Waals surface area contributed by atoms with Crippen molar-refractivity contribution in [1.29, 1.82) is 0 Å². The highest BCUT2D eigenvalue weighted by molar-refractivity contribution is 5.60. The maximum atomic E-state index is 10.8. The number of nitrogens with zero attached hydrogens (tertiary/aromatic N) is 5. The van der Waals surface area contributed by atoms with Crippen LogP contribution in [0, 0.1) is 13.8 Å². The molecule has 2 heterocycles. The molecule has 23 heavy (non-hydrogen) atoms. The summed E-state index contributed by atoms with van der Waals surface area (Å²) in [6.45, 7) is 6.99. The number of carbonyl (C=O) groups excluding carboxylic acids is 1. The largest absolute Gasteiger partial charge is 0.352 e. The Hall–Kier alpha value is -2.70. The summed E-state index contributed by atoms with van der Waals surface area (Å²) in [5, 5.41) is 11.3. The Balaban J connectivity index is 1.75. The molecule has 0 aliphatic carbocycles. The summed E-state index contributed by atoms with van der Waals surface area (Å²) < 4.78 is 0. The molecular weight excluding hydrogens is 292 g/mol. The minimum Gasteiger partial charge on any atom is -0.352 e. The van der Waals surface area contributed by atoms with E-state index in [9.17, 15) is 4.79 Å². The number of benzene rings is 1. The SMILES string of the molecule is Cc1ccc(C)c(Nc2nncc(N3CCN(C=O)CC3)n2)c1. The van der Waals surface area contributed by atoms with Gasteiger partial charge in [-0.1, -0.05) is 12.1 Å². The molecule has 2 aromatic rings. The Kier molecular flexibility index (Phi) is 4.36. The van der Waals surface area contributed by atoms with Gasteiger partial charge in [0.2, 0.25) is 12.4 Å². The normalized spacial score (nSPS) is 14.7. The summed E-state index contributed by atoms with van der Waals surface area (Å²) in [5.41, 5.74) is 3.28. The van der Waals surface area contributed by atoms with Crippen LogP contribution in [-0.2, 0) is 4.79 Å². The maximum Gasteiger partial charge on any atom is 0.249 e. The Morgan fingerprint density at radius 1 is 1.17 bits per heavy atom. The summed E-state index contributed by atoms with van der Waals surface area (Å²) in [6.07, 6.45) is 2.55. The molecule has 0 spiro atoms. The van der Waals surface area contributed by atoms with Gasteiger partial charge in [-0.05, 0) is 31.0 Å². The molecule has 0 unspecified atom stereocenters. The van der Waals surface area contributed by atoms with Crippen molar-refractivity contribution in [2.24, 2.45) is 0 Å². The van der Waals surface area contributed by atoms with E-state index in [-0.39, 0.29) is 0 Å². The molecule has 1 saturated heterocycles. The molecule has 7 nitrogen and oxygen atoms in total. The van der Waals surface area contributed by atoms with Gasteiger partial charge in [0.15, 0.2) is 5.82 Å². The molecule has 1 fully saturated rings. The molecule has 1 aromatic heterocycles. The predicted molar refractivity (Wildman–Crippen MR) is 88.9 cm³/mol. The van der Waals surface area contributed by atoms with E-state index < -0.39 is 0 Å². The van der Waals surface area contributed by atoms with E-state index in [2.05, 4.69) is 43.6 Å². The van der Waals surface area contributed by atoms with Crippen LogP contribution in [-0.4, -0.2) is 52.7 Å². The van der Waals surface area contributed by atoms with Crippen LogP contribution in [0.5, 0.6) is 0 Å². The van der Waals surface area contributed by atoms with Gasteiger partial charge in [-0.3, -0.25) is 4.79 Å². The van der Waals surface area contributed by atoms with Crippen molar-refractivity contribution in [1.82, 2.24) is 20.1 Å². The van der Waals surface area contributed by atoms with Crippen LogP contribution >= 0.6 is 0 Å². The molecule has 0 radical (unpaired) electrons. The molecule has 1 aliphatic heterocycles. The van der Waals surface area contributed by atoms with Crippen LogP contribution < -0.4 is 10.2 Å². The number of hydrogen-bond donors (Lipinski definition) is 1. The summed E-state index contributed by atoms with van der Waals surface area (Å²) in [5.74, 6) is 1.26.